The SMILES string of the molecule is C=C1CC[C@]2(C)C3C=C[C@@]4(C)C(CC[C@@H]4C(C)CCC(C)=O)C3CC[C@]2(C)C1. The van der Waals surface area contributed by atoms with Gasteiger partial charge in [0.2, 0.25) is 0 Å². The van der Waals surface area contributed by atoms with Gasteiger partial charge in [-0.15, -0.1) is 0 Å². The Morgan fingerprint density at radius 3 is 2.68 bits per heavy atom. The molecule has 0 aromatic carbocycles. The second kappa shape index (κ2) is 6.85. The van der Waals surface area contributed by atoms with Gasteiger partial charge in [0.25, 0.3) is 0 Å². The minimum Gasteiger partial charge on any atom is -0.300 e. The van der Waals surface area contributed by atoms with Crippen molar-refractivity contribution in [3.05, 3.63) is 24.3 Å². The second-order valence-electron chi connectivity index (χ2n) is 11.9. The summed E-state index contributed by atoms with van der Waals surface area (Å²) in [6.07, 6.45) is 16.5. The molecule has 28 heavy (non-hydrogen) atoms. The van der Waals surface area contributed by atoms with Crippen molar-refractivity contribution >= 4 is 5.78 Å². The highest BCUT2D eigenvalue weighted by Crippen LogP contribution is 2.69. The van der Waals surface area contributed by atoms with Crippen molar-refractivity contribution in [1.29, 1.82) is 0 Å². The number of fused-ring (bicyclic) bond motifs is 5. The summed E-state index contributed by atoms with van der Waals surface area (Å²) in [7, 11) is 0. The molecule has 4 unspecified atom stereocenters. The first-order chi connectivity index (χ1) is 13.1. The standard InChI is InChI=1S/C27H42O/c1-18-11-16-27(6)24-13-15-26(5)22(19(2)7-8-20(3)28)9-10-23(26)21(24)12-14-25(27,4)17-18/h13,15,19,21-24H,1,7-12,14,16-17H2,2-6H3/t19?,21?,22-,23?,24?,25-,26-,27-/m1/s1. The predicted octanol–water partition coefficient (Wildman–Crippen LogP) is 7.37. The van der Waals surface area contributed by atoms with Crippen LogP contribution < -0.4 is 0 Å². The van der Waals surface area contributed by atoms with Crippen molar-refractivity contribution in [3.8, 4) is 0 Å². The van der Waals surface area contributed by atoms with Gasteiger partial charge in [-0.3, -0.25) is 0 Å². The highest BCUT2D eigenvalue weighted by molar-refractivity contribution is 5.75. The summed E-state index contributed by atoms with van der Waals surface area (Å²) < 4.78 is 0. The summed E-state index contributed by atoms with van der Waals surface area (Å²) in [4.78, 5) is 11.5. The maximum Gasteiger partial charge on any atom is 0.129 e. The molecule has 0 amide bonds. The summed E-state index contributed by atoms with van der Waals surface area (Å²) >= 11 is 0. The number of hydrogen-bond acceptors (Lipinski definition) is 1. The van der Waals surface area contributed by atoms with Crippen LogP contribution >= 0.6 is 0 Å². The minimum absolute atomic E-state index is 0.347. The van der Waals surface area contributed by atoms with E-state index in [0.717, 1.165) is 36.5 Å². The van der Waals surface area contributed by atoms with Crippen molar-refractivity contribution in [3.63, 3.8) is 0 Å². The zero-order valence-electron chi connectivity index (χ0n) is 19.0. The van der Waals surface area contributed by atoms with Crippen molar-refractivity contribution < 1.29 is 4.79 Å². The Balaban J connectivity index is 1.61. The molecule has 0 spiro atoms. The van der Waals surface area contributed by atoms with Gasteiger partial charge >= 0.3 is 0 Å². The van der Waals surface area contributed by atoms with E-state index in [4.69, 9.17) is 0 Å². The molecule has 0 heterocycles. The Hall–Kier alpha value is -0.850. The molecule has 0 N–H and O–H groups in total. The lowest BCUT2D eigenvalue weighted by atomic mass is 9.41. The van der Waals surface area contributed by atoms with E-state index >= 15 is 0 Å². The molecule has 3 saturated carbocycles. The van der Waals surface area contributed by atoms with Crippen molar-refractivity contribution in [2.45, 2.75) is 92.4 Å². The molecule has 4 aliphatic carbocycles. The first-order valence-electron chi connectivity index (χ1n) is 12.0. The largest absolute Gasteiger partial charge is 0.300 e. The van der Waals surface area contributed by atoms with Gasteiger partial charge < -0.3 is 4.79 Å². The van der Waals surface area contributed by atoms with Crippen LogP contribution in [0.4, 0.5) is 0 Å². The van der Waals surface area contributed by atoms with Gasteiger partial charge in [-0.1, -0.05) is 52.0 Å². The average molecular weight is 383 g/mol. The molecule has 4 aliphatic rings. The molecular formula is C27H42O. The van der Waals surface area contributed by atoms with Crippen LogP contribution in [0.5, 0.6) is 0 Å². The topological polar surface area (TPSA) is 17.1 Å². The number of carbonyl (C=O) groups is 1. The number of allylic oxidation sites excluding steroid dienone is 3. The van der Waals surface area contributed by atoms with E-state index in [2.05, 4.69) is 46.4 Å². The monoisotopic (exact) mass is 382 g/mol. The Labute approximate surface area is 173 Å². The molecule has 8 atom stereocenters. The van der Waals surface area contributed by atoms with Gasteiger partial charge in [-0.05, 0) is 104 Å². The smallest absolute Gasteiger partial charge is 0.129 e. The number of hydrogen-bond donors (Lipinski definition) is 0. The quantitative estimate of drug-likeness (QED) is 0.464. The molecule has 1 heteroatoms. The molecule has 156 valence electrons. The molecule has 0 bridgehead atoms. The first-order valence-corrected chi connectivity index (χ1v) is 12.0. The summed E-state index contributed by atoms with van der Waals surface area (Å²) in [6.45, 7) is 16.3. The van der Waals surface area contributed by atoms with Crippen LogP contribution in [-0.4, -0.2) is 5.78 Å². The third-order valence-electron chi connectivity index (χ3n) is 10.4. The lowest BCUT2D eigenvalue weighted by molar-refractivity contribution is -0.117. The first kappa shape index (κ1) is 20.4. The molecule has 1 nitrogen and oxygen atoms in total. The van der Waals surface area contributed by atoms with Gasteiger partial charge in [0, 0.05) is 6.42 Å². The summed E-state index contributed by atoms with van der Waals surface area (Å²) in [6, 6.07) is 0. The number of ketones is 1. The van der Waals surface area contributed by atoms with E-state index in [9.17, 15) is 4.79 Å². The molecule has 0 aromatic heterocycles. The Bertz CT molecular complexity index is 688. The number of rotatable bonds is 4. The fraction of sp³-hybridized carbons (Fsp3) is 0.815. The van der Waals surface area contributed by atoms with E-state index in [-0.39, 0.29) is 0 Å². The summed E-state index contributed by atoms with van der Waals surface area (Å²) in [5.41, 5.74) is 2.71. The molecule has 0 aliphatic heterocycles. The van der Waals surface area contributed by atoms with Crippen LogP contribution in [0, 0.1) is 45.8 Å². The Morgan fingerprint density at radius 2 is 1.96 bits per heavy atom. The zero-order chi connectivity index (χ0) is 20.3. The highest BCUT2D eigenvalue weighted by atomic mass is 16.1. The van der Waals surface area contributed by atoms with E-state index in [1.165, 1.54) is 50.5 Å². The van der Waals surface area contributed by atoms with Gasteiger partial charge in [0.1, 0.15) is 5.78 Å². The number of Topliss-reactive ketones (excluding diaryl/α,β-unsaturated/α-hetero) is 1. The van der Waals surface area contributed by atoms with Gasteiger partial charge in [-0.2, -0.15) is 0 Å². The summed E-state index contributed by atoms with van der Waals surface area (Å²) in [5, 5.41) is 0. The normalized spacial score (nSPS) is 48.5. The molecule has 3 fully saturated rings. The van der Waals surface area contributed by atoms with Crippen LogP contribution in [-0.2, 0) is 4.79 Å². The van der Waals surface area contributed by atoms with Crippen LogP contribution in [0.15, 0.2) is 24.3 Å². The maximum atomic E-state index is 11.5. The third-order valence-corrected chi connectivity index (χ3v) is 10.4. The fourth-order valence-corrected chi connectivity index (χ4v) is 8.49. The van der Waals surface area contributed by atoms with Gasteiger partial charge in [0.15, 0.2) is 0 Å². The second-order valence-corrected chi connectivity index (χ2v) is 11.9. The zero-order valence-corrected chi connectivity index (χ0v) is 19.0. The van der Waals surface area contributed by atoms with Crippen molar-refractivity contribution in [2.24, 2.45) is 45.8 Å². The third kappa shape index (κ3) is 2.90. The van der Waals surface area contributed by atoms with Crippen molar-refractivity contribution in [2.75, 3.05) is 0 Å². The molecule has 0 aromatic rings. The van der Waals surface area contributed by atoms with E-state index in [0.29, 0.717) is 27.9 Å². The molecular weight excluding hydrogens is 340 g/mol. The average Bonchev–Trinajstić information content (AvgIpc) is 2.98. The lowest BCUT2D eigenvalue weighted by Crippen LogP contribution is -2.55. The van der Waals surface area contributed by atoms with E-state index in [1.54, 1.807) is 6.92 Å². The van der Waals surface area contributed by atoms with E-state index < -0.39 is 0 Å². The van der Waals surface area contributed by atoms with Crippen LogP contribution in [0.2, 0.25) is 0 Å². The van der Waals surface area contributed by atoms with Crippen LogP contribution in [0.25, 0.3) is 0 Å². The minimum atomic E-state index is 0.347. The maximum absolute atomic E-state index is 11.5. The molecule has 4 rings (SSSR count). The van der Waals surface area contributed by atoms with Gasteiger partial charge in [-0.25, -0.2) is 0 Å². The van der Waals surface area contributed by atoms with E-state index in [1.807, 2.05) is 0 Å². The molecule has 0 saturated heterocycles. The number of carbonyl (C=O) groups excluding carboxylic acids is 1. The molecule has 0 radical (unpaired) electrons. The Morgan fingerprint density at radius 1 is 1.21 bits per heavy atom. The highest BCUT2D eigenvalue weighted by Gasteiger charge is 2.61. The van der Waals surface area contributed by atoms with Crippen LogP contribution in [0.1, 0.15) is 92.4 Å². The van der Waals surface area contributed by atoms with Crippen molar-refractivity contribution in [1.82, 2.24) is 0 Å². The van der Waals surface area contributed by atoms with Crippen LogP contribution in [0.3, 0.4) is 0 Å². The lowest BCUT2D eigenvalue weighted by Gasteiger charge is -2.63. The predicted molar refractivity (Wildman–Crippen MR) is 118 cm³/mol. The fourth-order valence-electron chi connectivity index (χ4n) is 8.49. The van der Waals surface area contributed by atoms with Gasteiger partial charge in [0.05, 0.1) is 0 Å². The Kier molecular flexibility index (Phi) is 4.99. The summed E-state index contributed by atoms with van der Waals surface area (Å²) in [5.74, 6) is 4.22.